The summed E-state index contributed by atoms with van der Waals surface area (Å²) >= 11 is 1.03. The second-order valence-corrected chi connectivity index (χ2v) is 8.51. The highest BCUT2D eigenvalue weighted by Crippen LogP contribution is 2.31. The first-order valence-corrected chi connectivity index (χ1v) is 9.71. The van der Waals surface area contributed by atoms with E-state index >= 15 is 0 Å². The average Bonchev–Trinajstić information content (AvgIpc) is 2.87. The molecule has 142 valence electrons. The summed E-state index contributed by atoms with van der Waals surface area (Å²) in [6.45, 7) is 4.95. The monoisotopic (exact) mass is 407 g/mol. The van der Waals surface area contributed by atoms with Gasteiger partial charge in [0.15, 0.2) is 0 Å². The van der Waals surface area contributed by atoms with E-state index in [0.717, 1.165) is 27.8 Å². The molecule has 2 aromatic rings. The lowest BCUT2D eigenvalue weighted by atomic mass is 10.2. The second kappa shape index (κ2) is 7.23. The largest absolute Gasteiger partial charge is 0.416 e. The molecule has 2 aromatic heterocycles. The molecule has 2 rings (SSSR count). The fraction of sp³-hybridized carbons (Fsp3) is 0.333. The van der Waals surface area contributed by atoms with Crippen LogP contribution in [0.25, 0.3) is 0 Å². The third-order valence-corrected chi connectivity index (χ3v) is 6.52. The number of urea groups is 1. The van der Waals surface area contributed by atoms with Crippen LogP contribution >= 0.6 is 11.3 Å². The molecule has 0 saturated heterocycles. The zero-order valence-corrected chi connectivity index (χ0v) is 15.7. The number of nitrogens with zero attached hydrogens (tertiary/aromatic N) is 1. The van der Waals surface area contributed by atoms with Crippen molar-refractivity contribution in [3.63, 3.8) is 0 Å². The van der Waals surface area contributed by atoms with Crippen LogP contribution in [0.4, 0.5) is 23.8 Å². The molecule has 6 nitrogen and oxygen atoms in total. The molecule has 0 fully saturated rings. The minimum atomic E-state index is -4.61. The Morgan fingerprint density at radius 1 is 1.23 bits per heavy atom. The summed E-state index contributed by atoms with van der Waals surface area (Å²) in [7, 11) is -4.13. The number of thiophene rings is 1. The van der Waals surface area contributed by atoms with Crippen molar-refractivity contribution >= 4 is 33.2 Å². The molecule has 26 heavy (non-hydrogen) atoms. The highest BCUT2D eigenvalue weighted by Gasteiger charge is 2.31. The van der Waals surface area contributed by atoms with Gasteiger partial charge < -0.3 is 0 Å². The molecular formula is C15H16F3N3O3S2. The van der Waals surface area contributed by atoms with Crippen LogP contribution in [0, 0.1) is 13.8 Å². The number of alkyl halides is 3. The quantitative estimate of drug-likeness (QED) is 0.806. The van der Waals surface area contributed by atoms with E-state index in [4.69, 9.17) is 0 Å². The van der Waals surface area contributed by atoms with Crippen molar-refractivity contribution < 1.29 is 26.4 Å². The minimum absolute atomic E-state index is 0.0273. The van der Waals surface area contributed by atoms with Gasteiger partial charge in [0.2, 0.25) is 0 Å². The van der Waals surface area contributed by atoms with Crippen molar-refractivity contribution in [1.82, 2.24) is 9.71 Å². The normalized spacial score (nSPS) is 12.1. The second-order valence-electron chi connectivity index (χ2n) is 5.47. The third-order valence-electron chi connectivity index (χ3n) is 3.33. The molecule has 0 atom stereocenters. The van der Waals surface area contributed by atoms with Crippen molar-refractivity contribution in [1.29, 1.82) is 0 Å². The molecule has 0 unspecified atom stereocenters. The Bertz CT molecular complexity index is 937. The number of aryl methyl sites for hydroxylation is 3. The first kappa shape index (κ1) is 20.2. The maximum Gasteiger partial charge on any atom is 0.416 e. The highest BCUT2D eigenvalue weighted by molar-refractivity contribution is 7.92. The fourth-order valence-electron chi connectivity index (χ4n) is 2.18. The Hall–Kier alpha value is -2.14. The van der Waals surface area contributed by atoms with Crippen molar-refractivity contribution in [2.75, 3.05) is 5.32 Å². The molecule has 0 aromatic carbocycles. The molecule has 0 aliphatic rings. The van der Waals surface area contributed by atoms with E-state index in [9.17, 15) is 26.4 Å². The first-order chi connectivity index (χ1) is 11.9. The maximum atomic E-state index is 12.8. The molecule has 0 bridgehead atoms. The Balaban J connectivity index is 2.19. The fourth-order valence-corrected chi connectivity index (χ4v) is 4.62. The number of rotatable bonds is 4. The van der Waals surface area contributed by atoms with Crippen LogP contribution in [0.5, 0.6) is 0 Å². The Morgan fingerprint density at radius 2 is 1.88 bits per heavy atom. The molecule has 0 aliphatic carbocycles. The van der Waals surface area contributed by atoms with Crippen molar-refractivity contribution in [3.05, 3.63) is 39.9 Å². The predicted molar refractivity (Wildman–Crippen MR) is 91.8 cm³/mol. The molecule has 11 heteroatoms. The number of anilines is 1. The SMILES string of the molecule is CCc1sc(S(=O)(=O)NC(=O)Nc2cc(C(F)(F)F)cc(C)n2)cc1C. The summed E-state index contributed by atoms with van der Waals surface area (Å²) in [5.74, 6) is -0.401. The van der Waals surface area contributed by atoms with E-state index in [1.165, 1.54) is 13.0 Å². The average molecular weight is 407 g/mol. The lowest BCUT2D eigenvalue weighted by Crippen LogP contribution is -2.34. The number of aromatic nitrogens is 1. The number of hydrogen-bond donors (Lipinski definition) is 2. The molecule has 2 heterocycles. The topological polar surface area (TPSA) is 88.2 Å². The lowest BCUT2D eigenvalue weighted by molar-refractivity contribution is -0.137. The van der Waals surface area contributed by atoms with Gasteiger partial charge in [-0.05, 0) is 44.0 Å². The van der Waals surface area contributed by atoms with Gasteiger partial charge in [0, 0.05) is 10.6 Å². The maximum absolute atomic E-state index is 12.8. The molecule has 2 amide bonds. The summed E-state index contributed by atoms with van der Waals surface area (Å²) in [5, 5.41) is 2.02. The highest BCUT2D eigenvalue weighted by atomic mass is 32.2. The Kier molecular flexibility index (Phi) is 5.61. The van der Waals surface area contributed by atoms with Gasteiger partial charge in [-0.2, -0.15) is 13.2 Å². The smallest absolute Gasteiger partial charge is 0.292 e. The molecule has 0 aliphatic heterocycles. The van der Waals surface area contributed by atoms with Gasteiger partial charge >= 0.3 is 12.2 Å². The van der Waals surface area contributed by atoms with Crippen molar-refractivity contribution in [3.8, 4) is 0 Å². The van der Waals surface area contributed by atoms with Gasteiger partial charge in [-0.15, -0.1) is 11.3 Å². The number of amides is 2. The van der Waals surface area contributed by atoms with Crippen LogP contribution < -0.4 is 10.0 Å². The van der Waals surface area contributed by atoms with Crippen molar-refractivity contribution in [2.45, 2.75) is 37.6 Å². The van der Waals surface area contributed by atoms with E-state index in [0.29, 0.717) is 12.5 Å². The number of nitrogens with one attached hydrogen (secondary N) is 2. The van der Waals surface area contributed by atoms with E-state index in [2.05, 4.69) is 4.98 Å². The van der Waals surface area contributed by atoms with Crippen LogP contribution in [0.1, 0.15) is 28.6 Å². The summed E-state index contributed by atoms with van der Waals surface area (Å²) in [6, 6.07) is 1.69. The van der Waals surface area contributed by atoms with Crippen LogP contribution in [-0.2, 0) is 22.6 Å². The third kappa shape index (κ3) is 4.73. The molecule has 0 saturated carbocycles. The standard InChI is InChI=1S/C15H16F3N3O3S2/c1-4-11-8(2)5-13(25-11)26(23,24)21-14(22)20-12-7-10(15(16,17)18)6-9(3)19-12/h5-7H,4H2,1-3H3,(H2,19,20,21,22). The number of pyridine rings is 1. The van der Waals surface area contributed by atoms with E-state index in [1.807, 2.05) is 12.2 Å². The van der Waals surface area contributed by atoms with Crippen molar-refractivity contribution in [2.24, 2.45) is 0 Å². The molecular weight excluding hydrogens is 391 g/mol. The summed E-state index contributed by atoms with van der Waals surface area (Å²) in [4.78, 5) is 16.5. The van der Waals surface area contributed by atoms with Crippen LogP contribution in [0.15, 0.2) is 22.4 Å². The van der Waals surface area contributed by atoms with Crippen LogP contribution in [0.2, 0.25) is 0 Å². The van der Waals surface area contributed by atoms with E-state index < -0.39 is 33.6 Å². The minimum Gasteiger partial charge on any atom is -0.292 e. The summed E-state index contributed by atoms with van der Waals surface area (Å²) in [5.41, 5.74) is -0.183. The number of carbonyl (C=O) groups is 1. The predicted octanol–water partition coefficient (Wildman–Crippen LogP) is 3.85. The van der Waals surface area contributed by atoms with Crippen LogP contribution in [0.3, 0.4) is 0 Å². The number of hydrogen-bond acceptors (Lipinski definition) is 5. The lowest BCUT2D eigenvalue weighted by Gasteiger charge is -2.11. The van der Waals surface area contributed by atoms with Gasteiger partial charge in [0.05, 0.1) is 5.56 Å². The van der Waals surface area contributed by atoms with Gasteiger partial charge in [0.1, 0.15) is 10.0 Å². The van der Waals surface area contributed by atoms with Crippen LogP contribution in [-0.4, -0.2) is 19.4 Å². The van der Waals surface area contributed by atoms with E-state index in [1.54, 1.807) is 11.6 Å². The molecule has 0 spiro atoms. The molecule has 0 radical (unpaired) electrons. The van der Waals surface area contributed by atoms with Gasteiger partial charge in [0.25, 0.3) is 10.0 Å². The zero-order chi connectivity index (χ0) is 19.7. The number of halogens is 3. The van der Waals surface area contributed by atoms with Gasteiger partial charge in [-0.25, -0.2) is 22.9 Å². The Morgan fingerprint density at radius 3 is 2.42 bits per heavy atom. The zero-order valence-electron chi connectivity index (χ0n) is 14.1. The van der Waals surface area contributed by atoms with E-state index in [-0.39, 0.29) is 9.90 Å². The Labute approximate surface area is 152 Å². The molecule has 2 N–H and O–H groups in total. The van der Waals surface area contributed by atoms with Gasteiger partial charge in [-0.3, -0.25) is 5.32 Å². The summed E-state index contributed by atoms with van der Waals surface area (Å²) < 4.78 is 64.6. The van der Waals surface area contributed by atoms with Gasteiger partial charge in [-0.1, -0.05) is 6.92 Å². The number of carbonyl (C=O) groups excluding carboxylic acids is 1. The summed E-state index contributed by atoms with van der Waals surface area (Å²) in [6.07, 6.45) is -3.97. The number of sulfonamides is 1. The first-order valence-electron chi connectivity index (χ1n) is 7.41.